The number of hydrogen-bond donors (Lipinski definition) is 1. The molecule has 3 nitrogen and oxygen atoms in total. The maximum atomic E-state index is 12.5. The highest BCUT2D eigenvalue weighted by Gasteiger charge is 2.14. The molecule has 0 aliphatic heterocycles. The van der Waals surface area contributed by atoms with Crippen LogP contribution < -0.4 is 0 Å². The van der Waals surface area contributed by atoms with Gasteiger partial charge in [-0.25, -0.2) is 0 Å². The Morgan fingerprint density at radius 3 is 2.81 bits per heavy atom. The molecule has 0 fully saturated rings. The standard InChI is InChI=1S/C24H26N2O/c1-4-6-22-23(20-7-5-12-25-15-20)16-26-24(22)11-10-21(27)14-19-9-8-17(2)13-18(19)3/h4-5,7-9,12-13,15-16,26H,1,6,10-11,14H2,2-3H3. The lowest BCUT2D eigenvalue weighted by atomic mass is 9.97. The third kappa shape index (κ3) is 4.62. The van der Waals surface area contributed by atoms with Crippen LogP contribution in [-0.2, 0) is 24.1 Å². The van der Waals surface area contributed by atoms with E-state index in [-0.39, 0.29) is 5.78 Å². The minimum absolute atomic E-state index is 0.268. The predicted octanol–water partition coefficient (Wildman–Crippen LogP) is 5.17. The molecule has 0 bridgehead atoms. The number of nitrogens with zero attached hydrogens (tertiary/aromatic N) is 1. The van der Waals surface area contributed by atoms with Gasteiger partial charge in [-0.05, 0) is 49.4 Å². The first-order valence-corrected chi connectivity index (χ1v) is 9.36. The molecule has 138 valence electrons. The van der Waals surface area contributed by atoms with E-state index < -0.39 is 0 Å². The van der Waals surface area contributed by atoms with E-state index in [0.717, 1.165) is 28.8 Å². The average molecular weight is 358 g/mol. The average Bonchev–Trinajstić information content (AvgIpc) is 3.06. The smallest absolute Gasteiger partial charge is 0.137 e. The van der Waals surface area contributed by atoms with E-state index in [4.69, 9.17) is 0 Å². The molecule has 0 atom stereocenters. The zero-order chi connectivity index (χ0) is 19.2. The fourth-order valence-electron chi connectivity index (χ4n) is 3.49. The number of rotatable bonds is 8. The summed E-state index contributed by atoms with van der Waals surface area (Å²) in [7, 11) is 0. The normalized spacial score (nSPS) is 10.7. The summed E-state index contributed by atoms with van der Waals surface area (Å²) >= 11 is 0. The zero-order valence-corrected chi connectivity index (χ0v) is 16.1. The van der Waals surface area contributed by atoms with Crippen LogP contribution in [-0.4, -0.2) is 15.8 Å². The van der Waals surface area contributed by atoms with Crippen LogP contribution in [0.25, 0.3) is 11.1 Å². The van der Waals surface area contributed by atoms with E-state index in [9.17, 15) is 4.79 Å². The van der Waals surface area contributed by atoms with Crippen molar-refractivity contribution in [3.05, 3.63) is 89.5 Å². The largest absolute Gasteiger partial charge is 0.364 e. The molecule has 0 saturated heterocycles. The van der Waals surface area contributed by atoms with Crippen molar-refractivity contribution in [3.63, 3.8) is 0 Å². The lowest BCUT2D eigenvalue weighted by molar-refractivity contribution is -0.118. The summed E-state index contributed by atoms with van der Waals surface area (Å²) in [6.07, 6.45) is 10.1. The molecule has 3 rings (SSSR count). The zero-order valence-electron chi connectivity index (χ0n) is 16.1. The molecular weight excluding hydrogens is 332 g/mol. The molecule has 0 radical (unpaired) electrons. The van der Waals surface area contributed by atoms with Gasteiger partial charge in [-0.2, -0.15) is 0 Å². The van der Waals surface area contributed by atoms with Crippen molar-refractivity contribution >= 4 is 5.78 Å². The van der Waals surface area contributed by atoms with Gasteiger partial charge in [-0.15, -0.1) is 6.58 Å². The molecule has 2 aromatic heterocycles. The summed E-state index contributed by atoms with van der Waals surface area (Å²) in [5, 5.41) is 0. The molecule has 0 aliphatic carbocycles. The number of H-pyrrole nitrogens is 1. The van der Waals surface area contributed by atoms with Gasteiger partial charge in [0.25, 0.3) is 0 Å². The number of pyridine rings is 1. The number of hydrogen-bond acceptors (Lipinski definition) is 2. The number of allylic oxidation sites excluding steroid dienone is 1. The number of benzene rings is 1. The van der Waals surface area contributed by atoms with Crippen molar-refractivity contribution in [2.45, 2.75) is 39.5 Å². The Bertz CT molecular complexity index is 938. The molecule has 3 aromatic rings. The fourth-order valence-corrected chi connectivity index (χ4v) is 3.49. The maximum Gasteiger partial charge on any atom is 0.137 e. The van der Waals surface area contributed by atoms with Crippen LogP contribution in [0.5, 0.6) is 0 Å². The Morgan fingerprint density at radius 2 is 2.11 bits per heavy atom. The quantitative estimate of drug-likeness (QED) is 0.565. The minimum atomic E-state index is 0.268. The van der Waals surface area contributed by atoms with Crippen molar-refractivity contribution < 1.29 is 4.79 Å². The number of nitrogens with one attached hydrogen (secondary N) is 1. The first-order valence-electron chi connectivity index (χ1n) is 9.36. The monoisotopic (exact) mass is 358 g/mol. The Hall–Kier alpha value is -2.94. The van der Waals surface area contributed by atoms with E-state index in [2.05, 4.69) is 54.7 Å². The van der Waals surface area contributed by atoms with Crippen LogP contribution in [0, 0.1) is 13.8 Å². The summed E-state index contributed by atoms with van der Waals surface area (Å²) in [5.74, 6) is 0.268. The first-order chi connectivity index (χ1) is 13.1. The molecule has 3 heteroatoms. The number of aromatic nitrogens is 2. The number of aryl methyl sites for hydroxylation is 3. The van der Waals surface area contributed by atoms with Crippen LogP contribution in [0.15, 0.2) is 61.6 Å². The Balaban J connectivity index is 1.71. The van der Waals surface area contributed by atoms with Crippen molar-refractivity contribution in [2.75, 3.05) is 0 Å². The second-order valence-corrected chi connectivity index (χ2v) is 7.04. The number of carbonyl (C=O) groups excluding carboxylic acids is 1. The number of ketones is 1. The number of Topliss-reactive ketones (excluding diaryl/α,β-unsaturated/α-hetero) is 1. The molecule has 0 amide bonds. The van der Waals surface area contributed by atoms with Gasteiger partial charge in [-0.1, -0.05) is 35.9 Å². The molecule has 0 unspecified atom stereocenters. The molecule has 0 saturated carbocycles. The highest BCUT2D eigenvalue weighted by Crippen LogP contribution is 2.27. The third-order valence-electron chi connectivity index (χ3n) is 4.94. The van der Waals surface area contributed by atoms with Crippen molar-refractivity contribution in [1.82, 2.24) is 9.97 Å². The topological polar surface area (TPSA) is 45.8 Å². The van der Waals surface area contributed by atoms with Gasteiger partial charge in [0.05, 0.1) is 0 Å². The molecule has 2 heterocycles. The Kier molecular flexibility index (Phi) is 6.02. The van der Waals surface area contributed by atoms with Gasteiger partial charge >= 0.3 is 0 Å². The van der Waals surface area contributed by atoms with E-state index in [1.807, 2.05) is 24.5 Å². The van der Waals surface area contributed by atoms with E-state index in [1.165, 1.54) is 16.7 Å². The van der Waals surface area contributed by atoms with Crippen LogP contribution >= 0.6 is 0 Å². The first kappa shape index (κ1) is 18.8. The van der Waals surface area contributed by atoms with Gasteiger partial charge < -0.3 is 4.98 Å². The molecular formula is C24H26N2O. The maximum absolute atomic E-state index is 12.5. The van der Waals surface area contributed by atoms with Gasteiger partial charge in [0.1, 0.15) is 5.78 Å². The second kappa shape index (κ2) is 8.63. The summed E-state index contributed by atoms with van der Waals surface area (Å²) in [4.78, 5) is 20.1. The van der Waals surface area contributed by atoms with Crippen molar-refractivity contribution in [2.24, 2.45) is 0 Å². The van der Waals surface area contributed by atoms with Crippen LogP contribution in [0.2, 0.25) is 0 Å². The molecule has 0 spiro atoms. The third-order valence-corrected chi connectivity index (χ3v) is 4.94. The van der Waals surface area contributed by atoms with Crippen LogP contribution in [0.4, 0.5) is 0 Å². The summed E-state index contributed by atoms with van der Waals surface area (Å²) in [6, 6.07) is 10.3. The Morgan fingerprint density at radius 1 is 1.26 bits per heavy atom. The molecule has 27 heavy (non-hydrogen) atoms. The second-order valence-electron chi connectivity index (χ2n) is 7.04. The van der Waals surface area contributed by atoms with Crippen molar-refractivity contribution in [1.29, 1.82) is 0 Å². The summed E-state index contributed by atoms with van der Waals surface area (Å²) < 4.78 is 0. The fraction of sp³-hybridized carbons (Fsp3) is 0.250. The highest BCUT2D eigenvalue weighted by atomic mass is 16.1. The van der Waals surface area contributed by atoms with E-state index in [1.54, 1.807) is 6.20 Å². The lowest BCUT2D eigenvalue weighted by Gasteiger charge is -2.08. The van der Waals surface area contributed by atoms with Gasteiger partial charge in [0.15, 0.2) is 0 Å². The predicted molar refractivity (Wildman–Crippen MR) is 111 cm³/mol. The molecule has 0 aliphatic rings. The Labute approximate surface area is 161 Å². The SMILES string of the molecule is C=CCc1c(-c2cccnc2)c[nH]c1CCC(=O)Cc1ccc(C)cc1C. The highest BCUT2D eigenvalue weighted by molar-refractivity contribution is 5.81. The molecule has 1 aromatic carbocycles. The summed E-state index contributed by atoms with van der Waals surface area (Å²) in [5.41, 5.74) is 8.08. The number of aromatic amines is 1. The van der Waals surface area contributed by atoms with Gasteiger partial charge in [0.2, 0.25) is 0 Å². The van der Waals surface area contributed by atoms with Gasteiger partial charge in [-0.3, -0.25) is 9.78 Å². The lowest BCUT2D eigenvalue weighted by Crippen LogP contribution is -2.06. The van der Waals surface area contributed by atoms with Crippen LogP contribution in [0.3, 0.4) is 0 Å². The van der Waals surface area contributed by atoms with E-state index in [0.29, 0.717) is 19.3 Å². The van der Waals surface area contributed by atoms with Crippen LogP contribution in [0.1, 0.15) is 34.4 Å². The minimum Gasteiger partial charge on any atom is -0.364 e. The molecule has 1 N–H and O–H groups in total. The number of carbonyl (C=O) groups is 1. The summed E-state index contributed by atoms with van der Waals surface area (Å²) in [6.45, 7) is 8.03. The van der Waals surface area contributed by atoms with Crippen molar-refractivity contribution in [3.8, 4) is 11.1 Å². The van der Waals surface area contributed by atoms with Gasteiger partial charge in [0, 0.05) is 48.3 Å². The van der Waals surface area contributed by atoms with E-state index >= 15 is 0 Å².